The van der Waals surface area contributed by atoms with Gasteiger partial charge in [-0.2, -0.15) is 0 Å². The van der Waals surface area contributed by atoms with Gasteiger partial charge in [-0.1, -0.05) is 32.6 Å². The molecule has 0 aromatic carbocycles. The average molecular weight is 268 g/mol. The second-order valence-electron chi connectivity index (χ2n) is 6.04. The van der Waals surface area contributed by atoms with Crippen molar-refractivity contribution in [3.05, 3.63) is 0 Å². The molecular weight excluding hydrogens is 240 g/mol. The van der Waals surface area contributed by atoms with E-state index in [4.69, 9.17) is 0 Å². The second kappa shape index (κ2) is 7.51. The molecule has 2 N–H and O–H groups in total. The molecule has 0 heterocycles. The van der Waals surface area contributed by atoms with E-state index >= 15 is 0 Å². The van der Waals surface area contributed by atoms with Crippen molar-refractivity contribution < 1.29 is 9.59 Å². The van der Waals surface area contributed by atoms with Gasteiger partial charge in [0.1, 0.15) is 5.41 Å². The Kier molecular flexibility index (Phi) is 6.32. The third kappa shape index (κ3) is 4.84. The predicted octanol–water partition coefficient (Wildman–Crippen LogP) is 2.38. The average Bonchev–Trinajstić information content (AvgIpc) is 2.64. The molecule has 0 bridgehead atoms. The summed E-state index contributed by atoms with van der Waals surface area (Å²) in [5.41, 5.74) is -0.985. The van der Waals surface area contributed by atoms with Gasteiger partial charge in [0.25, 0.3) is 0 Å². The Hall–Kier alpha value is -1.06. The highest BCUT2D eigenvalue weighted by Gasteiger charge is 2.36. The number of rotatable bonds is 5. The lowest BCUT2D eigenvalue weighted by Gasteiger charge is -2.26. The van der Waals surface area contributed by atoms with Gasteiger partial charge in [0.2, 0.25) is 11.8 Å². The molecule has 0 atom stereocenters. The number of hydrogen-bond acceptors (Lipinski definition) is 2. The van der Waals surface area contributed by atoms with Crippen LogP contribution in [-0.2, 0) is 9.59 Å². The van der Waals surface area contributed by atoms with Crippen LogP contribution in [0.3, 0.4) is 0 Å². The van der Waals surface area contributed by atoms with Gasteiger partial charge < -0.3 is 10.6 Å². The van der Waals surface area contributed by atoms with Gasteiger partial charge in [0.15, 0.2) is 0 Å². The van der Waals surface area contributed by atoms with Gasteiger partial charge in [0.05, 0.1) is 0 Å². The molecule has 1 aliphatic carbocycles. The summed E-state index contributed by atoms with van der Waals surface area (Å²) >= 11 is 0. The molecule has 4 nitrogen and oxygen atoms in total. The van der Waals surface area contributed by atoms with Crippen molar-refractivity contribution in [1.82, 2.24) is 10.6 Å². The molecular formula is C15H28N2O2. The lowest BCUT2D eigenvalue weighted by Crippen LogP contribution is -2.50. The fraction of sp³-hybridized carbons (Fsp3) is 0.867. The van der Waals surface area contributed by atoms with E-state index in [-0.39, 0.29) is 17.9 Å². The zero-order valence-electron chi connectivity index (χ0n) is 12.6. The van der Waals surface area contributed by atoms with E-state index in [9.17, 15) is 9.59 Å². The molecule has 19 heavy (non-hydrogen) atoms. The highest BCUT2D eigenvalue weighted by atomic mass is 16.2. The van der Waals surface area contributed by atoms with E-state index < -0.39 is 5.41 Å². The Morgan fingerprint density at radius 1 is 1.05 bits per heavy atom. The molecule has 1 fully saturated rings. The van der Waals surface area contributed by atoms with Crippen LogP contribution in [0, 0.1) is 5.41 Å². The molecule has 0 radical (unpaired) electrons. The van der Waals surface area contributed by atoms with Crippen LogP contribution in [0.5, 0.6) is 0 Å². The molecule has 1 rings (SSSR count). The van der Waals surface area contributed by atoms with Crippen molar-refractivity contribution in [2.45, 2.75) is 71.8 Å². The van der Waals surface area contributed by atoms with E-state index in [2.05, 4.69) is 10.6 Å². The molecule has 2 amide bonds. The quantitative estimate of drug-likeness (QED) is 0.594. The maximum absolute atomic E-state index is 12.3. The first kappa shape index (κ1) is 16.0. The third-order valence-corrected chi connectivity index (χ3v) is 3.86. The van der Waals surface area contributed by atoms with Gasteiger partial charge in [-0.05, 0) is 33.1 Å². The van der Waals surface area contributed by atoms with Crippen molar-refractivity contribution in [3.8, 4) is 0 Å². The number of carbonyl (C=O) groups excluding carboxylic acids is 2. The highest BCUT2D eigenvalue weighted by Crippen LogP contribution is 2.20. The molecule has 0 aromatic rings. The van der Waals surface area contributed by atoms with E-state index in [1.807, 2.05) is 6.92 Å². The highest BCUT2D eigenvalue weighted by molar-refractivity contribution is 6.04. The molecule has 1 saturated carbocycles. The van der Waals surface area contributed by atoms with E-state index in [1.54, 1.807) is 13.8 Å². The third-order valence-electron chi connectivity index (χ3n) is 3.86. The molecule has 1 aliphatic rings. The van der Waals surface area contributed by atoms with Crippen LogP contribution >= 0.6 is 0 Å². The molecule has 110 valence electrons. The van der Waals surface area contributed by atoms with Crippen LogP contribution in [0.25, 0.3) is 0 Å². The molecule has 4 heteroatoms. The Balaban J connectivity index is 2.51. The van der Waals surface area contributed by atoms with Crippen LogP contribution in [0.2, 0.25) is 0 Å². The minimum Gasteiger partial charge on any atom is -0.355 e. The first-order valence-corrected chi connectivity index (χ1v) is 7.57. The predicted molar refractivity (Wildman–Crippen MR) is 76.7 cm³/mol. The summed E-state index contributed by atoms with van der Waals surface area (Å²) in [4.78, 5) is 24.3. The SMILES string of the molecule is CCCNC(=O)C(C)(C)C(=O)NC1CCCCCC1. The van der Waals surface area contributed by atoms with E-state index in [0.29, 0.717) is 6.54 Å². The summed E-state index contributed by atoms with van der Waals surface area (Å²) in [6.07, 6.45) is 7.82. The van der Waals surface area contributed by atoms with Crippen molar-refractivity contribution >= 4 is 11.8 Å². The van der Waals surface area contributed by atoms with Crippen LogP contribution in [0.15, 0.2) is 0 Å². The van der Waals surface area contributed by atoms with Crippen LogP contribution < -0.4 is 10.6 Å². The van der Waals surface area contributed by atoms with Crippen molar-refractivity contribution in [2.24, 2.45) is 5.41 Å². The number of hydrogen-bond donors (Lipinski definition) is 2. The van der Waals surface area contributed by atoms with Gasteiger partial charge in [0, 0.05) is 12.6 Å². The zero-order chi connectivity index (χ0) is 14.3. The van der Waals surface area contributed by atoms with Crippen LogP contribution in [0.4, 0.5) is 0 Å². The number of nitrogens with one attached hydrogen (secondary N) is 2. The largest absolute Gasteiger partial charge is 0.355 e. The van der Waals surface area contributed by atoms with Crippen LogP contribution in [0.1, 0.15) is 65.7 Å². The number of amides is 2. The van der Waals surface area contributed by atoms with Crippen molar-refractivity contribution in [3.63, 3.8) is 0 Å². The first-order chi connectivity index (χ1) is 8.98. The molecule has 0 aliphatic heterocycles. The summed E-state index contributed by atoms with van der Waals surface area (Å²) in [6.45, 7) is 6.02. The summed E-state index contributed by atoms with van der Waals surface area (Å²) in [5.74, 6) is -0.325. The smallest absolute Gasteiger partial charge is 0.235 e. The summed E-state index contributed by atoms with van der Waals surface area (Å²) in [5, 5.41) is 5.86. The minimum atomic E-state index is -0.985. The van der Waals surface area contributed by atoms with Gasteiger partial charge >= 0.3 is 0 Å². The first-order valence-electron chi connectivity index (χ1n) is 7.57. The zero-order valence-corrected chi connectivity index (χ0v) is 12.6. The normalized spacial score (nSPS) is 17.6. The monoisotopic (exact) mass is 268 g/mol. The Morgan fingerprint density at radius 2 is 1.63 bits per heavy atom. The minimum absolute atomic E-state index is 0.145. The van der Waals surface area contributed by atoms with Crippen molar-refractivity contribution in [1.29, 1.82) is 0 Å². The second-order valence-corrected chi connectivity index (χ2v) is 6.04. The maximum atomic E-state index is 12.3. The topological polar surface area (TPSA) is 58.2 Å². The van der Waals surface area contributed by atoms with Crippen LogP contribution in [-0.4, -0.2) is 24.4 Å². The van der Waals surface area contributed by atoms with Gasteiger partial charge in [-0.25, -0.2) is 0 Å². The fourth-order valence-electron chi connectivity index (χ4n) is 2.35. The number of carbonyl (C=O) groups is 2. The maximum Gasteiger partial charge on any atom is 0.235 e. The standard InChI is InChI=1S/C15H28N2O2/c1-4-11-16-13(18)15(2,3)14(19)17-12-9-7-5-6-8-10-12/h12H,4-11H2,1-3H3,(H,16,18)(H,17,19). The van der Waals surface area contributed by atoms with Gasteiger partial charge in [-0.3, -0.25) is 9.59 Å². The Labute approximate surface area is 116 Å². The van der Waals surface area contributed by atoms with Gasteiger partial charge in [-0.15, -0.1) is 0 Å². The van der Waals surface area contributed by atoms with E-state index in [0.717, 1.165) is 19.3 Å². The molecule has 0 unspecified atom stereocenters. The van der Waals surface area contributed by atoms with E-state index in [1.165, 1.54) is 25.7 Å². The van der Waals surface area contributed by atoms with Crippen molar-refractivity contribution in [2.75, 3.05) is 6.54 Å². The Bertz CT molecular complexity index is 305. The summed E-state index contributed by atoms with van der Waals surface area (Å²) < 4.78 is 0. The lowest BCUT2D eigenvalue weighted by atomic mass is 9.90. The Morgan fingerprint density at radius 3 is 2.16 bits per heavy atom. The lowest BCUT2D eigenvalue weighted by molar-refractivity contribution is -0.141. The molecule has 0 saturated heterocycles. The summed E-state index contributed by atoms with van der Waals surface area (Å²) in [6, 6.07) is 0.244. The molecule has 0 aromatic heterocycles. The fourth-order valence-corrected chi connectivity index (χ4v) is 2.35. The summed E-state index contributed by atoms with van der Waals surface area (Å²) in [7, 11) is 0. The molecule has 0 spiro atoms.